The number of allylic oxidation sites excluding steroid dienone is 1. The van der Waals surface area contributed by atoms with E-state index in [2.05, 4.69) is 27.4 Å². The number of urea groups is 1. The normalized spacial score (nSPS) is 17.7. The van der Waals surface area contributed by atoms with E-state index in [-0.39, 0.29) is 23.2 Å². The molecule has 0 radical (unpaired) electrons. The van der Waals surface area contributed by atoms with Crippen molar-refractivity contribution >= 4 is 44.9 Å². The number of aromatic nitrogens is 3. The summed E-state index contributed by atoms with van der Waals surface area (Å²) in [4.78, 5) is 24.9. The van der Waals surface area contributed by atoms with Crippen LogP contribution in [0.4, 0.5) is 4.79 Å². The van der Waals surface area contributed by atoms with Crippen LogP contribution in [0.15, 0.2) is 35.3 Å². The summed E-state index contributed by atoms with van der Waals surface area (Å²) in [5.41, 5.74) is 0. The number of amides is 3. The summed E-state index contributed by atoms with van der Waals surface area (Å²) in [6.07, 6.45) is 2.17. The van der Waals surface area contributed by atoms with Crippen LogP contribution in [-0.2, 0) is 27.7 Å². The molecule has 9 nitrogen and oxygen atoms in total. The van der Waals surface area contributed by atoms with Crippen LogP contribution in [0.25, 0.3) is 0 Å². The van der Waals surface area contributed by atoms with E-state index >= 15 is 0 Å². The number of rotatable bonds is 8. The molecule has 3 amide bonds. The number of thioether (sulfide) groups is 1. The van der Waals surface area contributed by atoms with E-state index in [9.17, 15) is 18.0 Å². The second kappa shape index (κ2) is 9.55. The van der Waals surface area contributed by atoms with Gasteiger partial charge in [-0.1, -0.05) is 23.9 Å². The van der Waals surface area contributed by atoms with Gasteiger partial charge in [-0.25, -0.2) is 13.2 Å². The summed E-state index contributed by atoms with van der Waals surface area (Å²) in [5.74, 6) is 0.0881. The van der Waals surface area contributed by atoms with Crippen molar-refractivity contribution in [3.63, 3.8) is 0 Å². The fourth-order valence-electron chi connectivity index (χ4n) is 2.93. The highest BCUT2D eigenvalue weighted by Gasteiger charge is 2.33. The van der Waals surface area contributed by atoms with E-state index in [0.717, 1.165) is 16.6 Å². The maximum absolute atomic E-state index is 12.1. The molecule has 1 atom stereocenters. The average Bonchev–Trinajstić information content (AvgIpc) is 3.39. The Bertz CT molecular complexity index is 985. The fourth-order valence-corrected chi connectivity index (χ4v) is 6.06. The van der Waals surface area contributed by atoms with Crippen LogP contribution in [0.1, 0.15) is 23.0 Å². The van der Waals surface area contributed by atoms with Gasteiger partial charge in [-0.2, -0.15) is 0 Å². The van der Waals surface area contributed by atoms with Gasteiger partial charge in [-0.3, -0.25) is 10.1 Å². The van der Waals surface area contributed by atoms with Crippen LogP contribution in [0.2, 0.25) is 0 Å². The Kier molecular flexibility index (Phi) is 7.09. The van der Waals surface area contributed by atoms with Crippen LogP contribution in [-0.4, -0.2) is 52.4 Å². The second-order valence-corrected chi connectivity index (χ2v) is 10.6. The molecule has 12 heteroatoms. The van der Waals surface area contributed by atoms with Crippen molar-refractivity contribution in [1.29, 1.82) is 0 Å². The van der Waals surface area contributed by atoms with E-state index in [4.69, 9.17) is 0 Å². The third kappa shape index (κ3) is 5.90. The van der Waals surface area contributed by atoms with Crippen LogP contribution >= 0.6 is 23.1 Å². The Morgan fingerprint density at radius 2 is 2.24 bits per heavy atom. The highest BCUT2D eigenvalue weighted by molar-refractivity contribution is 7.99. The van der Waals surface area contributed by atoms with Gasteiger partial charge >= 0.3 is 6.03 Å². The number of nitrogens with one attached hydrogen (secondary N) is 2. The lowest BCUT2D eigenvalue weighted by atomic mass is 10.1. The summed E-state index contributed by atoms with van der Waals surface area (Å²) < 4.78 is 25.3. The van der Waals surface area contributed by atoms with Gasteiger partial charge in [0, 0.05) is 17.3 Å². The average molecular weight is 456 g/mol. The molecular formula is C17H21N5O4S3. The van der Waals surface area contributed by atoms with Crippen molar-refractivity contribution in [2.45, 2.75) is 30.6 Å². The molecule has 0 unspecified atom stereocenters. The van der Waals surface area contributed by atoms with Crippen molar-refractivity contribution < 1.29 is 18.0 Å². The molecule has 3 heterocycles. The Labute approximate surface area is 176 Å². The second-order valence-electron chi connectivity index (χ2n) is 6.44. The van der Waals surface area contributed by atoms with Crippen LogP contribution < -0.4 is 10.6 Å². The first-order valence-corrected chi connectivity index (χ1v) is 12.5. The SMILES string of the molecule is C=CCn1c(SCC(=O)NC(=O)NCc2cccs2)nnc1[C@@H]1CCS(=O)(=O)C1. The summed E-state index contributed by atoms with van der Waals surface area (Å²) in [6, 6.07) is 3.21. The summed E-state index contributed by atoms with van der Waals surface area (Å²) in [5, 5.41) is 15.5. The van der Waals surface area contributed by atoms with Gasteiger partial charge in [-0.15, -0.1) is 28.1 Å². The van der Waals surface area contributed by atoms with Crippen LogP contribution in [0.5, 0.6) is 0 Å². The van der Waals surface area contributed by atoms with Crippen LogP contribution in [0, 0.1) is 0 Å². The summed E-state index contributed by atoms with van der Waals surface area (Å²) >= 11 is 2.65. The zero-order valence-electron chi connectivity index (χ0n) is 15.5. The molecule has 2 N–H and O–H groups in total. The first-order chi connectivity index (χ1) is 13.9. The van der Waals surface area contributed by atoms with Gasteiger partial charge in [-0.05, 0) is 17.9 Å². The molecular weight excluding hydrogens is 434 g/mol. The number of carbonyl (C=O) groups excluding carboxylic acids is 2. The molecule has 2 aromatic rings. The fraction of sp³-hybridized carbons (Fsp3) is 0.412. The summed E-state index contributed by atoms with van der Waals surface area (Å²) in [6.45, 7) is 4.47. The minimum atomic E-state index is -3.05. The largest absolute Gasteiger partial charge is 0.333 e. The lowest BCUT2D eigenvalue weighted by molar-refractivity contribution is -0.117. The van der Waals surface area contributed by atoms with E-state index in [1.807, 2.05) is 17.5 Å². The molecule has 0 aliphatic carbocycles. The molecule has 0 aromatic carbocycles. The zero-order valence-corrected chi connectivity index (χ0v) is 18.0. The number of hydrogen-bond donors (Lipinski definition) is 2. The smallest absolute Gasteiger partial charge is 0.321 e. The predicted molar refractivity (Wildman–Crippen MR) is 112 cm³/mol. The molecule has 156 valence electrons. The molecule has 0 spiro atoms. The van der Waals surface area contributed by atoms with E-state index in [0.29, 0.717) is 30.5 Å². The number of sulfone groups is 1. The third-order valence-electron chi connectivity index (χ3n) is 4.24. The van der Waals surface area contributed by atoms with E-state index in [1.54, 1.807) is 10.6 Å². The number of carbonyl (C=O) groups is 2. The Balaban J connectivity index is 1.55. The predicted octanol–water partition coefficient (Wildman–Crippen LogP) is 1.55. The molecule has 2 aromatic heterocycles. The molecule has 0 bridgehead atoms. The first-order valence-electron chi connectivity index (χ1n) is 8.85. The molecule has 1 aliphatic heterocycles. The van der Waals surface area contributed by atoms with Crippen molar-refractivity contribution in [2.24, 2.45) is 0 Å². The van der Waals surface area contributed by atoms with E-state index in [1.165, 1.54) is 11.3 Å². The Hall–Kier alpha value is -2.18. The van der Waals surface area contributed by atoms with Gasteiger partial charge in [0.05, 0.1) is 23.8 Å². The number of imide groups is 1. The first kappa shape index (κ1) is 21.5. The van der Waals surface area contributed by atoms with Gasteiger partial charge in [0.25, 0.3) is 0 Å². The molecule has 1 fully saturated rings. The van der Waals surface area contributed by atoms with Crippen LogP contribution in [0.3, 0.4) is 0 Å². The molecule has 1 saturated heterocycles. The highest BCUT2D eigenvalue weighted by atomic mass is 32.2. The van der Waals surface area contributed by atoms with Crippen molar-refractivity contribution in [3.8, 4) is 0 Å². The van der Waals surface area contributed by atoms with Crippen molar-refractivity contribution in [2.75, 3.05) is 17.3 Å². The number of thiophene rings is 1. The Morgan fingerprint density at radius 1 is 1.41 bits per heavy atom. The maximum Gasteiger partial charge on any atom is 0.321 e. The number of nitrogens with zero attached hydrogens (tertiary/aromatic N) is 3. The standard InChI is InChI=1S/C17H21N5O4S3/c1-2-6-22-15(12-5-8-29(25,26)11-12)20-21-17(22)28-10-14(23)19-16(24)18-9-13-4-3-7-27-13/h2-4,7,12H,1,5-6,8-11H2,(H2,18,19,23,24)/t12-/m1/s1. The topological polar surface area (TPSA) is 123 Å². The summed E-state index contributed by atoms with van der Waals surface area (Å²) in [7, 11) is -3.05. The monoisotopic (exact) mass is 455 g/mol. The Morgan fingerprint density at radius 3 is 2.90 bits per heavy atom. The lowest BCUT2D eigenvalue weighted by Gasteiger charge is -2.11. The minimum absolute atomic E-state index is 0.0232. The van der Waals surface area contributed by atoms with Crippen molar-refractivity contribution in [1.82, 2.24) is 25.4 Å². The number of hydrogen-bond acceptors (Lipinski definition) is 8. The van der Waals surface area contributed by atoms with Gasteiger partial charge in [0.2, 0.25) is 5.91 Å². The molecule has 3 rings (SSSR count). The van der Waals surface area contributed by atoms with Gasteiger partial charge in [0.15, 0.2) is 15.0 Å². The quantitative estimate of drug-likeness (QED) is 0.457. The lowest BCUT2D eigenvalue weighted by Crippen LogP contribution is -2.39. The van der Waals surface area contributed by atoms with Gasteiger partial charge < -0.3 is 9.88 Å². The highest BCUT2D eigenvalue weighted by Crippen LogP contribution is 2.30. The molecule has 29 heavy (non-hydrogen) atoms. The van der Waals surface area contributed by atoms with Crippen molar-refractivity contribution in [3.05, 3.63) is 40.9 Å². The van der Waals surface area contributed by atoms with E-state index < -0.39 is 21.8 Å². The zero-order chi connectivity index (χ0) is 20.9. The molecule has 0 saturated carbocycles. The molecule has 1 aliphatic rings. The van der Waals surface area contributed by atoms with Gasteiger partial charge in [0.1, 0.15) is 5.82 Å². The minimum Gasteiger partial charge on any atom is -0.333 e. The third-order valence-corrected chi connectivity index (χ3v) is 7.85. The maximum atomic E-state index is 12.1.